The lowest BCUT2D eigenvalue weighted by Gasteiger charge is -2.60. The van der Waals surface area contributed by atoms with Gasteiger partial charge in [-0.25, -0.2) is 0 Å². The first kappa shape index (κ1) is 16.3. The first-order chi connectivity index (χ1) is 12.1. The number of pyridine rings is 1. The Morgan fingerprint density at radius 1 is 0.880 bits per heavy atom. The molecule has 0 N–H and O–H groups in total. The molecule has 4 fully saturated rings. The Balaban J connectivity index is 1.45. The molecule has 0 saturated heterocycles. The number of fused-ring (bicyclic) bond motifs is 5. The summed E-state index contributed by atoms with van der Waals surface area (Å²) < 4.78 is 0. The van der Waals surface area contributed by atoms with Gasteiger partial charge in [-0.3, -0.25) is 4.98 Å². The van der Waals surface area contributed by atoms with Gasteiger partial charge in [0.25, 0.3) is 0 Å². The van der Waals surface area contributed by atoms with E-state index in [9.17, 15) is 0 Å². The van der Waals surface area contributed by atoms with E-state index in [1.165, 1.54) is 69.8 Å². The van der Waals surface area contributed by atoms with E-state index in [1.54, 1.807) is 0 Å². The molecule has 0 amide bonds. The summed E-state index contributed by atoms with van der Waals surface area (Å²) in [6, 6.07) is 4.49. The van der Waals surface area contributed by atoms with Crippen LogP contribution in [0.2, 0.25) is 0 Å². The molecule has 1 nitrogen and oxygen atoms in total. The Bertz CT molecular complexity index is 624. The van der Waals surface area contributed by atoms with E-state index in [0.29, 0.717) is 10.8 Å². The normalized spacial score (nSPS) is 49.1. The summed E-state index contributed by atoms with van der Waals surface area (Å²) >= 11 is 0. The van der Waals surface area contributed by atoms with Gasteiger partial charge in [-0.2, -0.15) is 0 Å². The highest BCUT2D eigenvalue weighted by Crippen LogP contribution is 2.68. The molecular formula is C24H35N. The maximum Gasteiger partial charge on any atom is 0.0302 e. The van der Waals surface area contributed by atoms with Crippen LogP contribution < -0.4 is 0 Å². The van der Waals surface area contributed by atoms with E-state index in [1.807, 2.05) is 6.20 Å². The zero-order valence-corrected chi connectivity index (χ0v) is 16.2. The number of aromatic nitrogens is 1. The van der Waals surface area contributed by atoms with Gasteiger partial charge < -0.3 is 0 Å². The Labute approximate surface area is 154 Å². The monoisotopic (exact) mass is 337 g/mol. The zero-order chi connectivity index (χ0) is 17.1. The van der Waals surface area contributed by atoms with Crippen LogP contribution in [0, 0.1) is 34.5 Å². The lowest BCUT2D eigenvalue weighted by molar-refractivity contribution is -0.105. The van der Waals surface area contributed by atoms with Crippen molar-refractivity contribution in [2.75, 3.05) is 0 Å². The van der Waals surface area contributed by atoms with Gasteiger partial charge in [-0.1, -0.05) is 32.8 Å². The maximum atomic E-state index is 4.44. The third-order valence-corrected chi connectivity index (χ3v) is 9.67. The van der Waals surface area contributed by atoms with Crippen LogP contribution in [0.4, 0.5) is 0 Å². The smallest absolute Gasteiger partial charge is 0.0302 e. The number of hydrogen-bond acceptors (Lipinski definition) is 1. The van der Waals surface area contributed by atoms with Crippen molar-refractivity contribution in [3.8, 4) is 0 Å². The van der Waals surface area contributed by atoms with Crippen LogP contribution in [-0.2, 0) is 0 Å². The predicted octanol–water partition coefficient (Wildman–Crippen LogP) is 6.60. The van der Waals surface area contributed by atoms with E-state index >= 15 is 0 Å². The average molecular weight is 338 g/mol. The minimum absolute atomic E-state index is 0.530. The molecule has 0 bridgehead atoms. The molecule has 136 valence electrons. The molecule has 4 aliphatic carbocycles. The molecular weight excluding hydrogens is 302 g/mol. The van der Waals surface area contributed by atoms with Crippen LogP contribution in [0.1, 0.15) is 89.5 Å². The minimum Gasteiger partial charge on any atom is -0.264 e. The molecule has 25 heavy (non-hydrogen) atoms. The lowest BCUT2D eigenvalue weighted by Crippen LogP contribution is -2.52. The second-order valence-corrected chi connectivity index (χ2v) is 10.4. The molecule has 5 rings (SSSR count). The second-order valence-electron chi connectivity index (χ2n) is 10.4. The summed E-state index contributed by atoms with van der Waals surface area (Å²) in [5, 5.41) is 0. The van der Waals surface area contributed by atoms with Crippen molar-refractivity contribution < 1.29 is 0 Å². The summed E-state index contributed by atoms with van der Waals surface area (Å²) in [5.74, 6) is 4.81. The van der Waals surface area contributed by atoms with Crippen molar-refractivity contribution in [2.45, 2.75) is 84.0 Å². The molecule has 0 aromatic carbocycles. The van der Waals surface area contributed by atoms with Gasteiger partial charge >= 0.3 is 0 Å². The van der Waals surface area contributed by atoms with E-state index in [0.717, 1.165) is 29.6 Å². The lowest BCUT2D eigenvalue weighted by atomic mass is 9.45. The van der Waals surface area contributed by atoms with Gasteiger partial charge in [0.05, 0.1) is 0 Å². The molecule has 0 spiro atoms. The predicted molar refractivity (Wildman–Crippen MR) is 103 cm³/mol. The number of hydrogen-bond donors (Lipinski definition) is 0. The van der Waals surface area contributed by atoms with Crippen molar-refractivity contribution in [3.63, 3.8) is 0 Å². The maximum absolute atomic E-state index is 4.44. The summed E-state index contributed by atoms with van der Waals surface area (Å²) in [6.07, 6.45) is 19.0. The topological polar surface area (TPSA) is 12.9 Å². The van der Waals surface area contributed by atoms with Crippen LogP contribution in [-0.4, -0.2) is 4.98 Å². The fraction of sp³-hybridized carbons (Fsp3) is 0.792. The molecule has 1 aromatic rings. The molecule has 0 radical (unpaired) electrons. The van der Waals surface area contributed by atoms with Crippen molar-refractivity contribution in [3.05, 3.63) is 30.1 Å². The van der Waals surface area contributed by atoms with Gasteiger partial charge in [0.15, 0.2) is 0 Å². The highest BCUT2D eigenvalue weighted by molar-refractivity contribution is 5.23. The summed E-state index contributed by atoms with van der Waals surface area (Å²) in [6.45, 7) is 5.34. The Kier molecular flexibility index (Phi) is 3.81. The first-order valence-electron chi connectivity index (χ1n) is 11.0. The van der Waals surface area contributed by atoms with Crippen LogP contribution in [0.5, 0.6) is 0 Å². The standard InChI is InChI=1S/C24H35N/c1-23-13-4-3-7-18(23)8-9-19-21-11-10-20(17-6-5-15-25-16-17)24(21,2)14-12-22(19)23/h5-6,15-16,18-22H,3-4,7-14H2,1-2H3/t18?,19-,20?,21-,22+,23-,24+/m0/s1. The van der Waals surface area contributed by atoms with E-state index < -0.39 is 0 Å². The van der Waals surface area contributed by atoms with E-state index in [-0.39, 0.29) is 0 Å². The zero-order valence-electron chi connectivity index (χ0n) is 16.2. The fourth-order valence-electron chi connectivity index (χ4n) is 8.42. The molecule has 4 saturated carbocycles. The summed E-state index contributed by atoms with van der Waals surface area (Å²) in [5.41, 5.74) is 2.72. The molecule has 0 aliphatic heterocycles. The molecule has 7 atom stereocenters. The molecule has 4 aliphatic rings. The minimum atomic E-state index is 0.530. The number of rotatable bonds is 1. The summed E-state index contributed by atoms with van der Waals surface area (Å²) in [7, 11) is 0. The van der Waals surface area contributed by atoms with Gasteiger partial charge in [-0.15, -0.1) is 0 Å². The van der Waals surface area contributed by atoms with Crippen molar-refractivity contribution in [1.82, 2.24) is 4.98 Å². The highest BCUT2D eigenvalue weighted by atomic mass is 14.7. The van der Waals surface area contributed by atoms with Crippen molar-refractivity contribution >= 4 is 0 Å². The van der Waals surface area contributed by atoms with Gasteiger partial charge in [-0.05, 0) is 103 Å². The summed E-state index contributed by atoms with van der Waals surface area (Å²) in [4.78, 5) is 4.44. The first-order valence-corrected chi connectivity index (χ1v) is 11.0. The Hall–Kier alpha value is -0.850. The van der Waals surface area contributed by atoms with Crippen LogP contribution in [0.25, 0.3) is 0 Å². The number of nitrogens with zero attached hydrogens (tertiary/aromatic N) is 1. The van der Waals surface area contributed by atoms with E-state index in [2.05, 4.69) is 37.2 Å². The largest absolute Gasteiger partial charge is 0.264 e. The fourth-order valence-corrected chi connectivity index (χ4v) is 8.42. The third-order valence-electron chi connectivity index (χ3n) is 9.67. The van der Waals surface area contributed by atoms with Crippen LogP contribution in [0.3, 0.4) is 0 Å². The SMILES string of the molecule is C[C@]12CCCCC1CC[C@@H]1[C@H]2CC[C@]2(C)C(c3cccnc3)CC[C@@H]12. The second kappa shape index (κ2) is 5.83. The van der Waals surface area contributed by atoms with E-state index in [4.69, 9.17) is 0 Å². The molecule has 2 unspecified atom stereocenters. The van der Waals surface area contributed by atoms with Crippen molar-refractivity contribution in [2.24, 2.45) is 34.5 Å². The van der Waals surface area contributed by atoms with Gasteiger partial charge in [0.1, 0.15) is 0 Å². The van der Waals surface area contributed by atoms with Crippen molar-refractivity contribution in [1.29, 1.82) is 0 Å². The molecule has 1 heteroatoms. The van der Waals surface area contributed by atoms with Crippen LogP contribution >= 0.6 is 0 Å². The van der Waals surface area contributed by atoms with Gasteiger partial charge in [0, 0.05) is 12.4 Å². The van der Waals surface area contributed by atoms with Crippen LogP contribution in [0.15, 0.2) is 24.5 Å². The highest BCUT2D eigenvalue weighted by Gasteiger charge is 2.59. The average Bonchev–Trinajstić information content (AvgIpc) is 2.99. The molecule has 1 heterocycles. The third kappa shape index (κ3) is 2.30. The Morgan fingerprint density at radius 2 is 1.76 bits per heavy atom. The van der Waals surface area contributed by atoms with Gasteiger partial charge in [0.2, 0.25) is 0 Å². The molecule has 1 aromatic heterocycles. The Morgan fingerprint density at radius 3 is 2.60 bits per heavy atom. The quantitative estimate of drug-likeness (QED) is 0.562.